The Morgan fingerprint density at radius 3 is 2.61 bits per heavy atom. The van der Waals surface area contributed by atoms with Crippen LogP contribution in [0.5, 0.6) is 0 Å². The molecule has 2 unspecified atom stereocenters. The van der Waals surface area contributed by atoms with Crippen molar-refractivity contribution in [2.75, 3.05) is 0 Å². The van der Waals surface area contributed by atoms with Gasteiger partial charge in [0.25, 0.3) is 0 Å². The molecular weight excluding hydrogens is 224 g/mol. The van der Waals surface area contributed by atoms with E-state index in [9.17, 15) is 0 Å². The van der Waals surface area contributed by atoms with Gasteiger partial charge in [-0.3, -0.25) is 4.98 Å². The van der Waals surface area contributed by atoms with Crippen LogP contribution in [0.25, 0.3) is 0 Å². The Labute approximate surface area is 108 Å². The molecule has 0 saturated heterocycles. The van der Waals surface area contributed by atoms with Crippen LogP contribution in [-0.2, 0) is 0 Å². The Balaban J connectivity index is 2.32. The lowest BCUT2D eigenvalue weighted by atomic mass is 10.0. The van der Waals surface area contributed by atoms with E-state index in [2.05, 4.69) is 35.3 Å². The molecule has 2 aromatic rings. The van der Waals surface area contributed by atoms with Crippen LogP contribution in [0.1, 0.15) is 44.2 Å². The maximum absolute atomic E-state index is 6.22. The molecule has 4 nitrogen and oxygen atoms in total. The molecule has 0 amide bonds. The van der Waals surface area contributed by atoms with Crippen LogP contribution in [0, 0.1) is 5.92 Å². The first-order valence-electron chi connectivity index (χ1n) is 6.29. The van der Waals surface area contributed by atoms with Crippen molar-refractivity contribution in [1.82, 2.24) is 14.5 Å². The second-order valence-corrected chi connectivity index (χ2v) is 4.93. The van der Waals surface area contributed by atoms with Crippen LogP contribution in [0.2, 0.25) is 0 Å². The predicted octanol–water partition coefficient (Wildman–Crippen LogP) is 2.54. The summed E-state index contributed by atoms with van der Waals surface area (Å²) < 4.78 is 2.10. The summed E-state index contributed by atoms with van der Waals surface area (Å²) in [6.07, 6.45) is 5.49. The van der Waals surface area contributed by atoms with Crippen molar-refractivity contribution >= 4 is 0 Å². The number of aromatic nitrogens is 3. The quantitative estimate of drug-likeness (QED) is 0.899. The zero-order valence-electron chi connectivity index (χ0n) is 11.1. The van der Waals surface area contributed by atoms with Crippen molar-refractivity contribution in [3.63, 3.8) is 0 Å². The Morgan fingerprint density at radius 1 is 1.22 bits per heavy atom. The molecule has 0 saturated carbocycles. The maximum atomic E-state index is 6.22. The Kier molecular flexibility index (Phi) is 3.77. The van der Waals surface area contributed by atoms with Crippen LogP contribution >= 0.6 is 0 Å². The van der Waals surface area contributed by atoms with Crippen molar-refractivity contribution in [3.05, 3.63) is 48.3 Å². The monoisotopic (exact) mass is 244 g/mol. The van der Waals surface area contributed by atoms with Crippen LogP contribution in [0.3, 0.4) is 0 Å². The first-order valence-corrected chi connectivity index (χ1v) is 6.29. The molecule has 0 bridgehead atoms. The largest absolute Gasteiger partial charge is 0.324 e. The number of hydrogen-bond acceptors (Lipinski definition) is 3. The highest BCUT2D eigenvalue weighted by Gasteiger charge is 2.19. The zero-order chi connectivity index (χ0) is 13.1. The lowest BCUT2D eigenvalue weighted by molar-refractivity contribution is 0.465. The molecular formula is C14H20N4. The van der Waals surface area contributed by atoms with E-state index in [-0.39, 0.29) is 12.1 Å². The fourth-order valence-electron chi connectivity index (χ4n) is 2.00. The van der Waals surface area contributed by atoms with Crippen molar-refractivity contribution in [2.24, 2.45) is 11.7 Å². The minimum atomic E-state index is -0.00124. The molecule has 0 aliphatic heterocycles. The third kappa shape index (κ3) is 2.43. The Morgan fingerprint density at radius 2 is 2.00 bits per heavy atom. The topological polar surface area (TPSA) is 56.7 Å². The summed E-state index contributed by atoms with van der Waals surface area (Å²) in [5.74, 6) is 0.386. The van der Waals surface area contributed by atoms with E-state index in [1.165, 1.54) is 0 Å². The third-order valence-electron chi connectivity index (χ3n) is 3.29. The van der Waals surface area contributed by atoms with E-state index in [1.54, 1.807) is 0 Å². The van der Waals surface area contributed by atoms with Gasteiger partial charge in [0.2, 0.25) is 0 Å². The summed E-state index contributed by atoms with van der Waals surface area (Å²) in [7, 11) is 0. The molecule has 96 valence electrons. The van der Waals surface area contributed by atoms with E-state index in [0.717, 1.165) is 11.4 Å². The van der Waals surface area contributed by atoms with E-state index in [1.807, 2.05) is 36.9 Å². The summed E-state index contributed by atoms with van der Waals surface area (Å²) in [6.45, 7) is 6.35. The second-order valence-electron chi connectivity index (χ2n) is 4.93. The molecule has 0 radical (unpaired) electrons. The van der Waals surface area contributed by atoms with Crippen LogP contribution in [-0.4, -0.2) is 14.5 Å². The second kappa shape index (κ2) is 5.31. The first-order chi connectivity index (χ1) is 8.61. The lowest BCUT2D eigenvalue weighted by Crippen LogP contribution is -2.22. The van der Waals surface area contributed by atoms with Gasteiger partial charge in [-0.2, -0.15) is 0 Å². The fourth-order valence-corrected chi connectivity index (χ4v) is 2.00. The van der Waals surface area contributed by atoms with Gasteiger partial charge in [0.1, 0.15) is 0 Å². The minimum absolute atomic E-state index is 0.00124. The summed E-state index contributed by atoms with van der Waals surface area (Å²) in [5.41, 5.74) is 8.30. The average Bonchev–Trinajstić information content (AvgIpc) is 2.87. The van der Waals surface area contributed by atoms with Crippen LogP contribution < -0.4 is 5.73 Å². The van der Waals surface area contributed by atoms with Gasteiger partial charge < -0.3 is 10.3 Å². The third-order valence-corrected chi connectivity index (χ3v) is 3.29. The van der Waals surface area contributed by atoms with Crippen molar-refractivity contribution in [2.45, 2.75) is 32.9 Å². The standard InChI is InChI=1S/C14H20N4/c1-10(2)14(15)13-8-16-9-18(13)11(3)12-6-4-5-7-17-12/h4-11,14H,15H2,1-3H3. The van der Waals surface area contributed by atoms with Gasteiger partial charge in [-0.15, -0.1) is 0 Å². The molecule has 0 aliphatic rings. The van der Waals surface area contributed by atoms with Gasteiger partial charge in [-0.05, 0) is 25.0 Å². The molecule has 18 heavy (non-hydrogen) atoms. The van der Waals surface area contributed by atoms with Crippen LogP contribution in [0.4, 0.5) is 0 Å². The first kappa shape index (κ1) is 12.8. The lowest BCUT2D eigenvalue weighted by Gasteiger charge is -2.21. The molecule has 2 aromatic heterocycles. The van der Waals surface area contributed by atoms with Crippen molar-refractivity contribution < 1.29 is 0 Å². The van der Waals surface area contributed by atoms with Crippen molar-refractivity contribution in [3.8, 4) is 0 Å². The molecule has 0 aromatic carbocycles. The minimum Gasteiger partial charge on any atom is -0.324 e. The van der Waals surface area contributed by atoms with Gasteiger partial charge >= 0.3 is 0 Å². The molecule has 2 atom stereocenters. The summed E-state index contributed by atoms with van der Waals surface area (Å²) >= 11 is 0. The van der Waals surface area contributed by atoms with Gasteiger partial charge in [-0.1, -0.05) is 19.9 Å². The molecule has 4 heteroatoms. The van der Waals surface area contributed by atoms with E-state index in [0.29, 0.717) is 5.92 Å². The highest BCUT2D eigenvalue weighted by atomic mass is 15.1. The van der Waals surface area contributed by atoms with E-state index in [4.69, 9.17) is 5.73 Å². The molecule has 2 heterocycles. The fraction of sp³-hybridized carbons (Fsp3) is 0.429. The number of nitrogens with two attached hydrogens (primary N) is 1. The number of hydrogen-bond donors (Lipinski definition) is 1. The Hall–Kier alpha value is -1.68. The molecule has 0 spiro atoms. The van der Waals surface area contributed by atoms with Crippen molar-refractivity contribution in [1.29, 1.82) is 0 Å². The van der Waals surface area contributed by atoms with E-state index < -0.39 is 0 Å². The highest BCUT2D eigenvalue weighted by Crippen LogP contribution is 2.24. The number of rotatable bonds is 4. The van der Waals surface area contributed by atoms with Gasteiger partial charge in [-0.25, -0.2) is 4.98 Å². The number of imidazole rings is 1. The van der Waals surface area contributed by atoms with Gasteiger partial charge in [0, 0.05) is 18.4 Å². The zero-order valence-corrected chi connectivity index (χ0v) is 11.1. The molecule has 2 N–H and O–H groups in total. The highest BCUT2D eigenvalue weighted by molar-refractivity contribution is 5.14. The summed E-state index contributed by atoms with van der Waals surface area (Å²) in [6, 6.07) is 6.09. The molecule has 2 rings (SSSR count). The van der Waals surface area contributed by atoms with E-state index >= 15 is 0 Å². The average molecular weight is 244 g/mol. The molecule has 0 aliphatic carbocycles. The molecule has 0 fully saturated rings. The summed E-state index contributed by atoms with van der Waals surface area (Å²) in [5, 5.41) is 0. The summed E-state index contributed by atoms with van der Waals surface area (Å²) in [4.78, 5) is 8.62. The maximum Gasteiger partial charge on any atom is 0.0954 e. The van der Waals surface area contributed by atoms with Gasteiger partial charge in [0.15, 0.2) is 0 Å². The Bertz CT molecular complexity index is 490. The smallest absolute Gasteiger partial charge is 0.0954 e. The van der Waals surface area contributed by atoms with Gasteiger partial charge in [0.05, 0.1) is 23.8 Å². The number of pyridine rings is 1. The SMILES string of the molecule is CC(C)C(N)c1cncn1C(C)c1ccccn1. The van der Waals surface area contributed by atoms with Crippen LogP contribution in [0.15, 0.2) is 36.9 Å². The predicted molar refractivity (Wildman–Crippen MR) is 72.0 cm³/mol. The number of nitrogens with zero attached hydrogens (tertiary/aromatic N) is 3. The normalized spacial score (nSPS) is 14.7.